The standard InChI is InChI=1S/C8H11NO2S.C2H6/c1-5-4-6(9-2)7(12-5)8(10)11-3;1-2/h4,9H,1-3H3;1-2H3. The van der Waals surface area contributed by atoms with Gasteiger partial charge in [-0.1, -0.05) is 13.8 Å². The molecule has 0 saturated heterocycles. The van der Waals surface area contributed by atoms with Gasteiger partial charge in [-0.2, -0.15) is 0 Å². The monoisotopic (exact) mass is 215 g/mol. The van der Waals surface area contributed by atoms with Gasteiger partial charge >= 0.3 is 5.97 Å². The van der Waals surface area contributed by atoms with Crippen LogP contribution in [-0.2, 0) is 4.74 Å². The van der Waals surface area contributed by atoms with Crippen LogP contribution in [0.3, 0.4) is 0 Å². The molecular formula is C10H17NO2S. The SMILES string of the molecule is CC.CNc1cc(C)sc1C(=O)OC. The second kappa shape index (κ2) is 6.43. The Labute approximate surface area is 89.1 Å². The van der Waals surface area contributed by atoms with Gasteiger partial charge in [0, 0.05) is 11.9 Å². The predicted molar refractivity (Wildman–Crippen MR) is 61.3 cm³/mol. The van der Waals surface area contributed by atoms with Crippen LogP contribution in [0.1, 0.15) is 28.4 Å². The average Bonchev–Trinajstić information content (AvgIpc) is 2.61. The van der Waals surface area contributed by atoms with Crippen LogP contribution in [0, 0.1) is 6.92 Å². The highest BCUT2D eigenvalue weighted by Crippen LogP contribution is 2.26. The summed E-state index contributed by atoms with van der Waals surface area (Å²) in [5, 5.41) is 2.94. The zero-order chi connectivity index (χ0) is 11.1. The zero-order valence-electron chi connectivity index (χ0n) is 9.30. The zero-order valence-corrected chi connectivity index (χ0v) is 10.1. The van der Waals surface area contributed by atoms with E-state index in [9.17, 15) is 4.79 Å². The third-order valence-corrected chi connectivity index (χ3v) is 2.53. The van der Waals surface area contributed by atoms with Crippen molar-refractivity contribution in [2.75, 3.05) is 19.5 Å². The van der Waals surface area contributed by atoms with E-state index >= 15 is 0 Å². The van der Waals surface area contributed by atoms with Gasteiger partial charge in [0.25, 0.3) is 0 Å². The first kappa shape index (κ1) is 13.0. The van der Waals surface area contributed by atoms with E-state index in [-0.39, 0.29) is 5.97 Å². The Kier molecular flexibility index (Phi) is 5.95. The molecule has 0 spiro atoms. The minimum Gasteiger partial charge on any atom is -0.465 e. The molecule has 0 aliphatic carbocycles. The number of anilines is 1. The lowest BCUT2D eigenvalue weighted by molar-refractivity contribution is 0.0607. The fraction of sp³-hybridized carbons (Fsp3) is 0.500. The molecule has 0 aliphatic rings. The third kappa shape index (κ3) is 3.03. The molecule has 0 aliphatic heterocycles. The molecule has 4 heteroatoms. The van der Waals surface area contributed by atoms with E-state index in [2.05, 4.69) is 10.1 Å². The van der Waals surface area contributed by atoms with Crippen LogP contribution >= 0.6 is 11.3 Å². The molecule has 1 aromatic rings. The van der Waals surface area contributed by atoms with Crippen LogP contribution in [0.5, 0.6) is 0 Å². The van der Waals surface area contributed by atoms with Gasteiger partial charge in [0.15, 0.2) is 0 Å². The summed E-state index contributed by atoms with van der Waals surface area (Å²) in [7, 11) is 3.17. The molecule has 1 aromatic heterocycles. The minimum absolute atomic E-state index is 0.280. The maximum Gasteiger partial charge on any atom is 0.350 e. The van der Waals surface area contributed by atoms with Crippen molar-refractivity contribution >= 4 is 23.0 Å². The fourth-order valence-electron chi connectivity index (χ4n) is 0.944. The van der Waals surface area contributed by atoms with E-state index in [1.54, 1.807) is 7.05 Å². The Morgan fingerprint density at radius 3 is 2.50 bits per heavy atom. The van der Waals surface area contributed by atoms with Crippen LogP contribution in [-0.4, -0.2) is 20.1 Å². The van der Waals surface area contributed by atoms with Gasteiger partial charge in [0.2, 0.25) is 0 Å². The van der Waals surface area contributed by atoms with Gasteiger partial charge in [0.05, 0.1) is 12.8 Å². The van der Waals surface area contributed by atoms with Crippen molar-refractivity contribution in [1.29, 1.82) is 0 Å². The second-order valence-electron chi connectivity index (χ2n) is 2.34. The van der Waals surface area contributed by atoms with Crippen molar-refractivity contribution < 1.29 is 9.53 Å². The smallest absolute Gasteiger partial charge is 0.350 e. The summed E-state index contributed by atoms with van der Waals surface area (Å²) < 4.78 is 4.62. The summed E-state index contributed by atoms with van der Waals surface area (Å²) in [6, 6.07) is 1.93. The molecule has 3 nitrogen and oxygen atoms in total. The Bertz CT molecular complexity index is 294. The molecule has 1 N–H and O–H groups in total. The number of methoxy groups -OCH3 is 1. The Morgan fingerprint density at radius 1 is 1.50 bits per heavy atom. The number of hydrogen-bond donors (Lipinski definition) is 1. The number of aryl methyl sites for hydroxylation is 1. The minimum atomic E-state index is -0.280. The van der Waals surface area contributed by atoms with Gasteiger partial charge in [-0.3, -0.25) is 0 Å². The quantitative estimate of drug-likeness (QED) is 0.771. The number of thiophene rings is 1. The van der Waals surface area contributed by atoms with Gasteiger partial charge in [-0.05, 0) is 13.0 Å². The van der Waals surface area contributed by atoms with E-state index in [4.69, 9.17) is 0 Å². The van der Waals surface area contributed by atoms with Crippen molar-refractivity contribution in [2.24, 2.45) is 0 Å². The van der Waals surface area contributed by atoms with Crippen LogP contribution in [0.2, 0.25) is 0 Å². The topological polar surface area (TPSA) is 38.3 Å². The Morgan fingerprint density at radius 2 is 2.07 bits per heavy atom. The molecule has 0 fully saturated rings. The molecule has 0 atom stereocenters. The van der Waals surface area contributed by atoms with Gasteiger partial charge < -0.3 is 10.1 Å². The van der Waals surface area contributed by atoms with Crippen LogP contribution in [0.4, 0.5) is 5.69 Å². The molecule has 14 heavy (non-hydrogen) atoms. The number of rotatable bonds is 2. The number of carbonyl (C=O) groups excluding carboxylic acids is 1. The number of ether oxygens (including phenoxy) is 1. The highest BCUT2D eigenvalue weighted by atomic mass is 32.1. The van der Waals surface area contributed by atoms with E-state index in [0.29, 0.717) is 4.88 Å². The fourth-order valence-corrected chi connectivity index (χ4v) is 1.88. The van der Waals surface area contributed by atoms with Crippen molar-refractivity contribution in [3.8, 4) is 0 Å². The van der Waals surface area contributed by atoms with Crippen molar-refractivity contribution in [1.82, 2.24) is 0 Å². The average molecular weight is 215 g/mol. The van der Waals surface area contributed by atoms with Crippen LogP contribution in [0.15, 0.2) is 6.07 Å². The lowest BCUT2D eigenvalue weighted by atomic mass is 10.3. The molecule has 1 rings (SSSR count). The van der Waals surface area contributed by atoms with Gasteiger partial charge in [0.1, 0.15) is 4.88 Å². The summed E-state index contributed by atoms with van der Waals surface area (Å²) in [6.45, 7) is 5.96. The molecule has 0 saturated carbocycles. The number of hydrogen-bond acceptors (Lipinski definition) is 4. The van der Waals surface area contributed by atoms with Gasteiger partial charge in [-0.15, -0.1) is 11.3 Å². The first-order chi connectivity index (χ1) is 6.69. The van der Waals surface area contributed by atoms with Gasteiger partial charge in [-0.25, -0.2) is 4.79 Å². The van der Waals surface area contributed by atoms with Crippen molar-refractivity contribution in [3.63, 3.8) is 0 Å². The number of carbonyl (C=O) groups is 1. The van der Waals surface area contributed by atoms with E-state index < -0.39 is 0 Å². The highest BCUT2D eigenvalue weighted by Gasteiger charge is 2.13. The van der Waals surface area contributed by atoms with E-state index in [1.165, 1.54) is 18.4 Å². The summed E-state index contributed by atoms with van der Waals surface area (Å²) in [6.07, 6.45) is 0. The van der Waals surface area contributed by atoms with Crippen LogP contribution in [0.25, 0.3) is 0 Å². The second-order valence-corrected chi connectivity index (χ2v) is 3.60. The molecule has 1 heterocycles. The molecule has 0 bridgehead atoms. The Balaban J connectivity index is 0.000000791. The lowest BCUT2D eigenvalue weighted by Crippen LogP contribution is -2.01. The highest BCUT2D eigenvalue weighted by molar-refractivity contribution is 7.14. The predicted octanol–water partition coefficient (Wildman–Crippen LogP) is 2.91. The van der Waals surface area contributed by atoms with Crippen molar-refractivity contribution in [3.05, 3.63) is 15.8 Å². The largest absolute Gasteiger partial charge is 0.465 e. The summed E-state index contributed by atoms with van der Waals surface area (Å²) in [4.78, 5) is 12.9. The first-order valence-electron chi connectivity index (χ1n) is 4.55. The van der Waals surface area contributed by atoms with E-state index in [0.717, 1.165) is 10.6 Å². The molecule has 0 aromatic carbocycles. The van der Waals surface area contributed by atoms with Crippen molar-refractivity contribution in [2.45, 2.75) is 20.8 Å². The molecule has 0 unspecified atom stereocenters. The van der Waals surface area contributed by atoms with E-state index in [1.807, 2.05) is 26.8 Å². The van der Waals surface area contributed by atoms with Crippen LogP contribution < -0.4 is 5.32 Å². The molecule has 0 radical (unpaired) electrons. The number of esters is 1. The molecular weight excluding hydrogens is 198 g/mol. The number of nitrogens with one attached hydrogen (secondary N) is 1. The maximum absolute atomic E-state index is 11.2. The summed E-state index contributed by atoms with van der Waals surface area (Å²) >= 11 is 1.43. The molecule has 0 amide bonds. The summed E-state index contributed by atoms with van der Waals surface area (Å²) in [5.41, 5.74) is 0.837. The third-order valence-electron chi connectivity index (χ3n) is 1.50. The molecule has 80 valence electrons. The Hall–Kier alpha value is -1.03. The maximum atomic E-state index is 11.2. The normalized spacial score (nSPS) is 8.64. The summed E-state index contributed by atoms with van der Waals surface area (Å²) in [5.74, 6) is -0.280. The first-order valence-corrected chi connectivity index (χ1v) is 5.37. The lowest BCUT2D eigenvalue weighted by Gasteiger charge is -1.98.